The fraction of sp³-hybridized carbons (Fsp3) is 0.0952. The molecule has 0 fully saturated rings. The summed E-state index contributed by atoms with van der Waals surface area (Å²) in [5.41, 5.74) is 3.21. The monoisotopic (exact) mass is 334 g/mol. The maximum Gasteiger partial charge on any atom is 0.341 e. The van der Waals surface area contributed by atoms with E-state index >= 15 is 0 Å². The molecule has 126 valence electrons. The first-order valence-corrected chi connectivity index (χ1v) is 7.92. The third kappa shape index (κ3) is 4.85. The summed E-state index contributed by atoms with van der Waals surface area (Å²) in [6.45, 7) is 0.197. The van der Waals surface area contributed by atoms with E-state index in [1.54, 1.807) is 12.1 Å². The Morgan fingerprint density at radius 3 is 1.76 bits per heavy atom. The van der Waals surface area contributed by atoms with Crippen molar-refractivity contribution in [3.05, 3.63) is 84.4 Å². The normalized spacial score (nSPS) is 10.2. The second kappa shape index (κ2) is 8.02. The van der Waals surface area contributed by atoms with Crippen LogP contribution in [-0.2, 0) is 11.4 Å². The first-order valence-electron chi connectivity index (χ1n) is 7.92. The fourth-order valence-corrected chi connectivity index (χ4v) is 2.37. The molecule has 4 nitrogen and oxygen atoms in total. The summed E-state index contributed by atoms with van der Waals surface area (Å²) in [5.74, 6) is 0.359. The average Bonchev–Trinajstić information content (AvgIpc) is 2.66. The van der Waals surface area contributed by atoms with Crippen LogP contribution in [0.2, 0.25) is 0 Å². The molecular weight excluding hydrogens is 316 g/mol. The van der Waals surface area contributed by atoms with Crippen molar-refractivity contribution in [2.45, 2.75) is 6.61 Å². The van der Waals surface area contributed by atoms with Gasteiger partial charge >= 0.3 is 5.97 Å². The van der Waals surface area contributed by atoms with Crippen molar-refractivity contribution in [3.63, 3.8) is 0 Å². The van der Waals surface area contributed by atoms with Gasteiger partial charge in [-0.05, 0) is 41.0 Å². The number of rotatable bonds is 7. The van der Waals surface area contributed by atoms with Gasteiger partial charge < -0.3 is 14.6 Å². The Morgan fingerprint density at radius 1 is 0.720 bits per heavy atom. The van der Waals surface area contributed by atoms with E-state index in [4.69, 9.17) is 14.6 Å². The molecule has 0 aromatic heterocycles. The van der Waals surface area contributed by atoms with Crippen molar-refractivity contribution < 1.29 is 19.4 Å². The van der Waals surface area contributed by atoms with Gasteiger partial charge in [0, 0.05) is 0 Å². The van der Waals surface area contributed by atoms with Gasteiger partial charge in [0.1, 0.15) is 18.1 Å². The molecule has 0 atom stereocenters. The SMILES string of the molecule is O=C(O)COc1ccc(-c2ccc(OCc3ccccc3)cc2)cc1. The minimum Gasteiger partial charge on any atom is -0.489 e. The Kier molecular flexibility index (Phi) is 5.32. The zero-order chi connectivity index (χ0) is 17.5. The fourth-order valence-electron chi connectivity index (χ4n) is 2.37. The minimum atomic E-state index is -0.991. The molecule has 0 amide bonds. The lowest BCUT2D eigenvalue weighted by Gasteiger charge is -2.08. The summed E-state index contributed by atoms with van der Waals surface area (Å²) in [6.07, 6.45) is 0. The lowest BCUT2D eigenvalue weighted by Crippen LogP contribution is -2.09. The molecular formula is C21H18O4. The Morgan fingerprint density at radius 2 is 1.24 bits per heavy atom. The number of carboxylic acid groups (broad SMARTS) is 1. The van der Waals surface area contributed by atoms with Gasteiger partial charge in [0.2, 0.25) is 0 Å². The first kappa shape index (κ1) is 16.6. The van der Waals surface area contributed by atoms with Gasteiger partial charge in [-0.25, -0.2) is 4.79 Å². The molecule has 25 heavy (non-hydrogen) atoms. The Labute approximate surface area is 146 Å². The highest BCUT2D eigenvalue weighted by Crippen LogP contribution is 2.25. The molecule has 0 aliphatic rings. The average molecular weight is 334 g/mol. The molecule has 3 aromatic carbocycles. The third-order valence-electron chi connectivity index (χ3n) is 3.65. The van der Waals surface area contributed by atoms with Crippen molar-refractivity contribution in [1.29, 1.82) is 0 Å². The molecule has 3 rings (SSSR count). The van der Waals surface area contributed by atoms with Crippen LogP contribution in [-0.4, -0.2) is 17.7 Å². The van der Waals surface area contributed by atoms with E-state index in [0.717, 1.165) is 22.4 Å². The number of hydrogen-bond acceptors (Lipinski definition) is 3. The highest BCUT2D eigenvalue weighted by atomic mass is 16.5. The first-order chi connectivity index (χ1) is 12.2. The zero-order valence-corrected chi connectivity index (χ0v) is 13.6. The lowest BCUT2D eigenvalue weighted by atomic mass is 10.1. The summed E-state index contributed by atoms with van der Waals surface area (Å²) < 4.78 is 10.9. The highest BCUT2D eigenvalue weighted by Gasteiger charge is 2.02. The minimum absolute atomic E-state index is 0.340. The van der Waals surface area contributed by atoms with E-state index in [1.807, 2.05) is 66.7 Å². The van der Waals surface area contributed by atoms with Gasteiger partial charge in [0.15, 0.2) is 6.61 Å². The van der Waals surface area contributed by atoms with Crippen LogP contribution in [0.15, 0.2) is 78.9 Å². The molecule has 3 aromatic rings. The van der Waals surface area contributed by atoms with Crippen molar-refractivity contribution >= 4 is 5.97 Å². The number of benzene rings is 3. The molecule has 0 unspecified atom stereocenters. The van der Waals surface area contributed by atoms with Crippen LogP contribution in [0.5, 0.6) is 11.5 Å². The Bertz CT molecular complexity index is 809. The van der Waals surface area contributed by atoms with Crippen LogP contribution >= 0.6 is 0 Å². The van der Waals surface area contributed by atoms with Crippen LogP contribution in [0.4, 0.5) is 0 Å². The van der Waals surface area contributed by atoms with E-state index < -0.39 is 5.97 Å². The molecule has 0 saturated carbocycles. The molecule has 4 heteroatoms. The van der Waals surface area contributed by atoms with Gasteiger partial charge in [-0.2, -0.15) is 0 Å². The zero-order valence-electron chi connectivity index (χ0n) is 13.6. The third-order valence-corrected chi connectivity index (χ3v) is 3.65. The summed E-state index contributed by atoms with van der Waals surface area (Å²) in [4.78, 5) is 10.5. The Balaban J connectivity index is 1.60. The van der Waals surface area contributed by atoms with Crippen molar-refractivity contribution in [2.24, 2.45) is 0 Å². The van der Waals surface area contributed by atoms with E-state index in [9.17, 15) is 4.79 Å². The predicted molar refractivity (Wildman–Crippen MR) is 95.8 cm³/mol. The van der Waals surface area contributed by atoms with E-state index in [1.165, 1.54) is 0 Å². The summed E-state index contributed by atoms with van der Waals surface area (Å²) in [5, 5.41) is 8.61. The van der Waals surface area contributed by atoms with E-state index in [0.29, 0.717) is 12.4 Å². The second-order valence-electron chi connectivity index (χ2n) is 5.51. The van der Waals surface area contributed by atoms with Crippen LogP contribution in [0.3, 0.4) is 0 Å². The highest BCUT2D eigenvalue weighted by molar-refractivity contribution is 5.69. The van der Waals surface area contributed by atoms with Gasteiger partial charge in [-0.1, -0.05) is 54.6 Å². The van der Waals surface area contributed by atoms with Crippen LogP contribution in [0.1, 0.15) is 5.56 Å². The van der Waals surface area contributed by atoms with E-state index in [2.05, 4.69) is 0 Å². The summed E-state index contributed by atoms with van der Waals surface area (Å²) in [7, 11) is 0. The standard InChI is InChI=1S/C21H18O4/c22-21(23)15-25-20-12-8-18(9-13-20)17-6-10-19(11-7-17)24-14-16-4-2-1-3-5-16/h1-13H,14-15H2,(H,22,23). The molecule has 0 bridgehead atoms. The maximum absolute atomic E-state index is 10.5. The van der Waals surface area contributed by atoms with Crippen molar-refractivity contribution in [1.82, 2.24) is 0 Å². The smallest absolute Gasteiger partial charge is 0.341 e. The number of carbonyl (C=O) groups is 1. The quantitative estimate of drug-likeness (QED) is 0.696. The molecule has 0 radical (unpaired) electrons. The molecule has 0 saturated heterocycles. The van der Waals surface area contributed by atoms with Crippen LogP contribution < -0.4 is 9.47 Å². The van der Waals surface area contributed by atoms with Gasteiger partial charge in [0.05, 0.1) is 0 Å². The lowest BCUT2D eigenvalue weighted by molar-refractivity contribution is -0.139. The molecule has 1 N–H and O–H groups in total. The molecule has 0 spiro atoms. The second-order valence-corrected chi connectivity index (χ2v) is 5.51. The topological polar surface area (TPSA) is 55.8 Å². The summed E-state index contributed by atoms with van der Waals surface area (Å²) in [6, 6.07) is 25.2. The molecule has 0 heterocycles. The number of ether oxygens (including phenoxy) is 2. The van der Waals surface area contributed by atoms with Crippen molar-refractivity contribution in [3.8, 4) is 22.6 Å². The molecule has 0 aliphatic carbocycles. The number of hydrogen-bond donors (Lipinski definition) is 1. The molecule has 0 aliphatic heterocycles. The van der Waals surface area contributed by atoms with Crippen LogP contribution in [0, 0.1) is 0 Å². The predicted octanol–water partition coefficient (Wildman–Crippen LogP) is 4.40. The van der Waals surface area contributed by atoms with Gasteiger partial charge in [0.25, 0.3) is 0 Å². The summed E-state index contributed by atoms with van der Waals surface area (Å²) >= 11 is 0. The van der Waals surface area contributed by atoms with Crippen LogP contribution in [0.25, 0.3) is 11.1 Å². The maximum atomic E-state index is 10.5. The van der Waals surface area contributed by atoms with Crippen molar-refractivity contribution in [2.75, 3.05) is 6.61 Å². The number of aliphatic carboxylic acids is 1. The van der Waals surface area contributed by atoms with Gasteiger partial charge in [-0.3, -0.25) is 0 Å². The van der Waals surface area contributed by atoms with Gasteiger partial charge in [-0.15, -0.1) is 0 Å². The number of carboxylic acids is 1. The Hall–Kier alpha value is -3.27. The largest absolute Gasteiger partial charge is 0.489 e. The van der Waals surface area contributed by atoms with E-state index in [-0.39, 0.29) is 6.61 Å².